The van der Waals surface area contributed by atoms with Crippen LogP contribution in [0.15, 0.2) is 18.3 Å². The number of aromatic nitrogens is 6. The van der Waals surface area contributed by atoms with Crippen LogP contribution in [0, 0.1) is 36.8 Å². The number of carbonyl (C=O) groups is 2. The van der Waals surface area contributed by atoms with Crippen LogP contribution in [-0.2, 0) is 9.59 Å². The second-order valence-corrected chi connectivity index (χ2v) is 14.3. The molecule has 0 unspecified atom stereocenters. The summed E-state index contributed by atoms with van der Waals surface area (Å²) in [4.78, 5) is 27.2. The molecule has 2 saturated heterocycles. The minimum absolute atomic E-state index is 0.00926. The van der Waals surface area contributed by atoms with Crippen LogP contribution in [0.4, 0.5) is 40.9 Å². The number of H-pyrrole nitrogens is 1. The van der Waals surface area contributed by atoms with Crippen LogP contribution in [0.3, 0.4) is 0 Å². The molecule has 7 rings (SSSR count). The number of halogens is 8. The Hall–Kier alpha value is -5.69. The van der Waals surface area contributed by atoms with Crippen molar-refractivity contribution in [2.45, 2.75) is 76.9 Å². The molecule has 0 saturated carbocycles. The van der Waals surface area contributed by atoms with Crippen LogP contribution in [0.2, 0.25) is 0 Å². The van der Waals surface area contributed by atoms with Crippen molar-refractivity contribution in [1.29, 1.82) is 5.26 Å². The summed E-state index contributed by atoms with van der Waals surface area (Å²) in [5.41, 5.74) is 3.84. The third-order valence-corrected chi connectivity index (χ3v) is 10.4. The zero-order chi connectivity index (χ0) is 43.1. The molecule has 5 heterocycles. The number of benzene rings is 2. The standard InChI is InChI=1S/C32H36F2N10.2C2HF3O2/c1-6-42(5)32(4)15-43(16-32)31-29-30(44(41-40-29)20-8-10-36-19(12-20)7-9-35)21-11-17(2)25(27(34)28(21)38-31)26-18(3)23(33)13-24-22(26)14-37-39-24;2*3-2(4,5)1(6)7/h11,13-14,19-20,36H,6-8,10,12,15-16H2,1-5H3,(H,37,39);2*(H,6,7)/t19-,20+;;/m1../s1. The van der Waals surface area contributed by atoms with Crippen molar-refractivity contribution in [3.8, 4) is 17.2 Å². The molecule has 4 N–H and O–H groups in total. The first-order valence-corrected chi connectivity index (χ1v) is 17.7. The summed E-state index contributed by atoms with van der Waals surface area (Å²) in [5.74, 6) is -5.85. The molecule has 2 aliphatic heterocycles. The van der Waals surface area contributed by atoms with E-state index in [9.17, 15) is 31.6 Å². The van der Waals surface area contributed by atoms with Gasteiger partial charge in [0, 0.05) is 41.0 Å². The zero-order valence-electron chi connectivity index (χ0n) is 31.6. The Morgan fingerprint density at radius 3 is 2.22 bits per heavy atom. The first kappa shape index (κ1) is 43.4. The number of aromatic amines is 1. The van der Waals surface area contributed by atoms with Gasteiger partial charge in [0.05, 0.1) is 35.8 Å². The van der Waals surface area contributed by atoms with Gasteiger partial charge < -0.3 is 20.4 Å². The Morgan fingerprint density at radius 1 is 1.03 bits per heavy atom. The molecule has 58 heavy (non-hydrogen) atoms. The molecule has 2 atom stereocenters. The third kappa shape index (κ3) is 8.45. The monoisotopic (exact) mass is 826 g/mol. The van der Waals surface area contributed by atoms with Crippen molar-refractivity contribution in [3.63, 3.8) is 0 Å². The average molecular weight is 827 g/mol. The van der Waals surface area contributed by atoms with Gasteiger partial charge in [0.15, 0.2) is 17.2 Å². The molecule has 22 heteroatoms. The fourth-order valence-corrected chi connectivity index (χ4v) is 7.20. The number of aryl methyl sites for hydroxylation is 1. The molecule has 0 amide bonds. The van der Waals surface area contributed by atoms with E-state index >= 15 is 8.78 Å². The highest BCUT2D eigenvalue weighted by molar-refractivity contribution is 6.09. The second-order valence-electron chi connectivity index (χ2n) is 14.3. The van der Waals surface area contributed by atoms with Gasteiger partial charge in [-0.1, -0.05) is 12.1 Å². The van der Waals surface area contributed by atoms with Crippen LogP contribution in [0.25, 0.3) is 44.0 Å². The first-order valence-electron chi connectivity index (χ1n) is 17.7. The van der Waals surface area contributed by atoms with E-state index in [0.717, 1.165) is 31.4 Å². The fourth-order valence-electron chi connectivity index (χ4n) is 7.20. The van der Waals surface area contributed by atoms with Gasteiger partial charge in [0.2, 0.25) is 0 Å². The largest absolute Gasteiger partial charge is 0.490 e. The lowest BCUT2D eigenvalue weighted by molar-refractivity contribution is -0.193. The number of rotatable bonds is 6. The van der Waals surface area contributed by atoms with Crippen molar-refractivity contribution in [3.05, 3.63) is 41.1 Å². The molecule has 0 aliphatic carbocycles. The predicted octanol–water partition coefficient (Wildman–Crippen LogP) is 6.42. The maximum Gasteiger partial charge on any atom is 0.490 e. The van der Waals surface area contributed by atoms with E-state index in [1.165, 1.54) is 6.07 Å². The number of aliphatic carboxylic acids is 2. The number of hydrogen-bond acceptors (Lipinski definition) is 10. The first-order chi connectivity index (χ1) is 27.0. The van der Waals surface area contributed by atoms with E-state index in [2.05, 4.69) is 62.6 Å². The minimum Gasteiger partial charge on any atom is -0.475 e. The molecule has 0 spiro atoms. The Morgan fingerprint density at radius 2 is 1.66 bits per heavy atom. The number of alkyl halides is 6. The van der Waals surface area contributed by atoms with Gasteiger partial charge in [0.25, 0.3) is 0 Å². The van der Waals surface area contributed by atoms with Gasteiger partial charge in [0.1, 0.15) is 16.9 Å². The van der Waals surface area contributed by atoms with Crippen molar-refractivity contribution in [2.24, 2.45) is 0 Å². The lowest BCUT2D eigenvalue weighted by atomic mass is 9.89. The van der Waals surface area contributed by atoms with Crippen molar-refractivity contribution in [1.82, 2.24) is 40.4 Å². The van der Waals surface area contributed by atoms with Gasteiger partial charge in [-0.2, -0.15) is 36.7 Å². The molecular formula is C36H38F8N10O4. The molecule has 3 aromatic heterocycles. The number of likely N-dealkylation sites (N-methyl/N-ethyl adjacent to an activating group) is 1. The molecule has 2 fully saturated rings. The van der Waals surface area contributed by atoms with Gasteiger partial charge in [-0.15, -0.1) is 5.10 Å². The molecular weight excluding hydrogens is 788 g/mol. The molecule has 14 nitrogen and oxygen atoms in total. The number of piperidine rings is 1. The highest BCUT2D eigenvalue weighted by Gasteiger charge is 2.44. The van der Waals surface area contributed by atoms with Crippen molar-refractivity contribution >= 4 is 50.6 Å². The maximum atomic E-state index is 17.1. The Kier molecular flexibility index (Phi) is 12.2. The molecule has 2 aliphatic rings. The minimum atomic E-state index is -5.08. The summed E-state index contributed by atoms with van der Waals surface area (Å²) in [6.45, 7) is 11.0. The van der Waals surface area contributed by atoms with Gasteiger partial charge in [-0.3, -0.25) is 10.00 Å². The van der Waals surface area contributed by atoms with Crippen molar-refractivity contribution in [2.75, 3.05) is 38.1 Å². The normalized spacial score (nSPS) is 18.0. The quantitative estimate of drug-likeness (QED) is 0.138. The molecule has 2 aromatic carbocycles. The molecule has 5 aromatic rings. The highest BCUT2D eigenvalue weighted by Crippen LogP contribution is 2.43. The molecule has 0 bridgehead atoms. The maximum absolute atomic E-state index is 17.1. The van der Waals surface area contributed by atoms with E-state index in [1.54, 1.807) is 13.1 Å². The van der Waals surface area contributed by atoms with Gasteiger partial charge in [-0.05, 0) is 77.0 Å². The SMILES string of the molecule is CCN(C)C1(C)CN(c2nc3c(F)c(-c4c(C)c(F)cc5[nH]ncc45)c(C)cc3c3c2nnn3[C@H]2CCN[C@H](CC#N)C2)C1.O=C(O)C(F)(F)F.O=C(O)C(F)(F)F. The number of anilines is 1. The lowest BCUT2D eigenvalue weighted by Crippen LogP contribution is -2.68. The van der Waals surface area contributed by atoms with E-state index in [0.29, 0.717) is 69.4 Å². The average Bonchev–Trinajstić information content (AvgIpc) is 3.79. The van der Waals surface area contributed by atoms with Gasteiger partial charge >= 0.3 is 24.3 Å². The van der Waals surface area contributed by atoms with E-state index in [4.69, 9.17) is 24.8 Å². The van der Waals surface area contributed by atoms with E-state index < -0.39 is 35.9 Å². The lowest BCUT2D eigenvalue weighted by Gasteiger charge is -2.53. The van der Waals surface area contributed by atoms with Crippen LogP contribution in [-0.4, -0.2) is 114 Å². The van der Waals surface area contributed by atoms with Crippen molar-refractivity contribution < 1.29 is 54.9 Å². The number of nitrogens with one attached hydrogen (secondary N) is 2. The number of fused-ring (bicyclic) bond motifs is 4. The summed E-state index contributed by atoms with van der Waals surface area (Å²) in [6.07, 6.45) is -6.63. The summed E-state index contributed by atoms with van der Waals surface area (Å²) in [5, 5.41) is 44.5. The Balaban J connectivity index is 0.000000393. The summed E-state index contributed by atoms with van der Waals surface area (Å²) < 4.78 is 97.6. The van der Waals surface area contributed by atoms with Crippen LogP contribution in [0.5, 0.6) is 0 Å². The number of pyridine rings is 1. The van der Waals surface area contributed by atoms with Gasteiger partial charge in [-0.25, -0.2) is 28.0 Å². The number of nitriles is 1. The fraction of sp³-hybridized carbons (Fsp3) is 0.472. The summed E-state index contributed by atoms with van der Waals surface area (Å²) >= 11 is 0. The van der Waals surface area contributed by atoms with Crippen LogP contribution >= 0.6 is 0 Å². The highest BCUT2D eigenvalue weighted by atomic mass is 19.4. The number of carboxylic acids is 2. The summed E-state index contributed by atoms with van der Waals surface area (Å²) in [6, 6.07) is 5.64. The van der Waals surface area contributed by atoms with E-state index in [-0.39, 0.29) is 23.1 Å². The second kappa shape index (κ2) is 16.3. The predicted molar refractivity (Wildman–Crippen MR) is 194 cm³/mol. The molecule has 312 valence electrons. The number of nitrogens with zero attached hydrogens (tertiary/aromatic N) is 8. The topological polar surface area (TPSA) is 189 Å². The third-order valence-electron chi connectivity index (χ3n) is 10.4. The smallest absolute Gasteiger partial charge is 0.475 e. The van der Waals surface area contributed by atoms with Crippen LogP contribution < -0.4 is 10.2 Å². The molecule has 0 radical (unpaired) electrons. The number of hydrogen-bond donors (Lipinski definition) is 4. The Labute approximate surface area is 324 Å². The number of carboxylic acid groups (broad SMARTS) is 2. The van der Waals surface area contributed by atoms with E-state index in [1.807, 2.05) is 17.7 Å². The summed E-state index contributed by atoms with van der Waals surface area (Å²) in [7, 11) is 2.11. The zero-order valence-corrected chi connectivity index (χ0v) is 31.6. The Bertz CT molecular complexity index is 2380. The van der Waals surface area contributed by atoms with Crippen LogP contribution in [0.1, 0.15) is 50.3 Å².